The van der Waals surface area contributed by atoms with Gasteiger partial charge in [0, 0.05) is 37.9 Å². The number of nitrogens with zero attached hydrogens (tertiary/aromatic N) is 3. The molecule has 0 saturated heterocycles. The lowest BCUT2D eigenvalue weighted by molar-refractivity contribution is 0.272. The van der Waals surface area contributed by atoms with Crippen LogP contribution in [0.15, 0.2) is 47.6 Å². The third kappa shape index (κ3) is 4.10. The fourth-order valence-corrected chi connectivity index (χ4v) is 5.69. The molecule has 2 aromatic rings. The Kier molecular flexibility index (Phi) is 5.60. The Morgan fingerprint density at radius 1 is 1.28 bits per heavy atom. The molecule has 3 aliphatic rings. The average molecular weight is 433 g/mol. The first-order valence-electron chi connectivity index (χ1n) is 12.2. The van der Waals surface area contributed by atoms with E-state index in [0.717, 1.165) is 31.2 Å². The lowest BCUT2D eigenvalue weighted by Gasteiger charge is -2.27. The Morgan fingerprint density at radius 2 is 2.09 bits per heavy atom. The summed E-state index contributed by atoms with van der Waals surface area (Å²) in [6, 6.07) is 8.83. The van der Waals surface area contributed by atoms with Crippen molar-refractivity contribution in [2.24, 2.45) is 5.41 Å². The van der Waals surface area contributed by atoms with Crippen molar-refractivity contribution in [1.29, 1.82) is 0 Å². The number of aromatic nitrogens is 2. The number of nitrogens with one attached hydrogen (secondary N) is 1. The van der Waals surface area contributed by atoms with Crippen LogP contribution in [0, 0.1) is 5.41 Å². The summed E-state index contributed by atoms with van der Waals surface area (Å²) in [5.74, 6) is 2.42. The van der Waals surface area contributed by atoms with E-state index in [-0.39, 0.29) is 5.41 Å². The topological polar surface area (TPSA) is 54.2 Å². The predicted molar refractivity (Wildman–Crippen MR) is 129 cm³/mol. The van der Waals surface area contributed by atoms with Crippen LogP contribution in [-0.4, -0.2) is 35.2 Å². The average Bonchev–Trinajstić information content (AvgIpc) is 3.27. The van der Waals surface area contributed by atoms with Gasteiger partial charge in [0.05, 0.1) is 5.41 Å². The van der Waals surface area contributed by atoms with E-state index in [2.05, 4.69) is 66.4 Å². The van der Waals surface area contributed by atoms with Crippen molar-refractivity contribution in [1.82, 2.24) is 15.0 Å². The molecule has 3 aliphatic carbocycles. The second kappa shape index (κ2) is 8.42. The van der Waals surface area contributed by atoms with Gasteiger partial charge < -0.3 is 14.7 Å². The highest BCUT2D eigenvalue weighted by Crippen LogP contribution is 2.62. The highest BCUT2D eigenvalue weighted by Gasteiger charge is 2.57. The summed E-state index contributed by atoms with van der Waals surface area (Å²) < 4.78 is 5.78. The second-order valence-electron chi connectivity index (χ2n) is 10.3. The molecule has 5 heteroatoms. The first kappa shape index (κ1) is 21.3. The summed E-state index contributed by atoms with van der Waals surface area (Å²) in [6.07, 6.45) is 13.5. The van der Waals surface area contributed by atoms with E-state index in [1.54, 1.807) is 0 Å². The van der Waals surface area contributed by atoms with Crippen molar-refractivity contribution in [3.8, 4) is 0 Å². The predicted octanol–water partition coefficient (Wildman–Crippen LogP) is 6.13. The van der Waals surface area contributed by atoms with Gasteiger partial charge in [-0.05, 0) is 87.0 Å². The van der Waals surface area contributed by atoms with E-state index in [1.807, 2.05) is 6.08 Å². The zero-order valence-corrected chi connectivity index (χ0v) is 19.6. The van der Waals surface area contributed by atoms with Gasteiger partial charge in [-0.1, -0.05) is 23.4 Å². The van der Waals surface area contributed by atoms with Crippen LogP contribution < -0.4 is 5.32 Å². The van der Waals surface area contributed by atoms with Crippen LogP contribution in [0.3, 0.4) is 0 Å². The molecule has 170 valence electrons. The van der Waals surface area contributed by atoms with Gasteiger partial charge in [-0.3, -0.25) is 0 Å². The SMILES string of the molecule is C=CC/C(=C\N(C)CC)c1cccc(NCC23CCC(c4nc(C5CC5)no4)(CC2)C3)c1. The standard InChI is InChI=1S/C27H36N4O/c1-4-7-22(17-31(3)5-2)21-8-6-9-23(16-21)28-19-26-12-14-27(18-26,15-13-26)25-29-24(30-32-25)20-10-11-20/h4,6,8-9,16-17,20,28H,1,5,7,10-15,18-19H2,2-3H3/b22-17+. The molecule has 1 aromatic heterocycles. The van der Waals surface area contributed by atoms with E-state index in [1.165, 1.54) is 61.8 Å². The molecule has 0 radical (unpaired) electrons. The van der Waals surface area contributed by atoms with Crippen molar-refractivity contribution >= 4 is 11.3 Å². The number of hydrogen-bond acceptors (Lipinski definition) is 5. The molecule has 3 fully saturated rings. The molecular weight excluding hydrogens is 396 g/mol. The number of benzene rings is 1. The Hall–Kier alpha value is -2.56. The van der Waals surface area contributed by atoms with Gasteiger partial charge in [-0.25, -0.2) is 0 Å². The quantitative estimate of drug-likeness (QED) is 0.458. The molecule has 0 aliphatic heterocycles. The van der Waals surface area contributed by atoms with E-state index in [4.69, 9.17) is 9.51 Å². The molecule has 0 atom stereocenters. The molecule has 5 nitrogen and oxygen atoms in total. The molecule has 1 aromatic carbocycles. The third-order valence-corrected chi connectivity index (χ3v) is 7.96. The zero-order valence-electron chi connectivity index (χ0n) is 19.6. The third-order valence-electron chi connectivity index (χ3n) is 7.96. The molecular formula is C27H36N4O. The van der Waals surface area contributed by atoms with E-state index in [0.29, 0.717) is 11.3 Å². The zero-order chi connectivity index (χ0) is 22.2. The van der Waals surface area contributed by atoms with Gasteiger partial charge in [0.25, 0.3) is 0 Å². The maximum Gasteiger partial charge on any atom is 0.232 e. The number of hydrogen-bond donors (Lipinski definition) is 1. The molecule has 1 N–H and O–H groups in total. The molecule has 0 amide bonds. The van der Waals surface area contributed by atoms with Gasteiger partial charge in [-0.15, -0.1) is 6.58 Å². The Morgan fingerprint density at radius 3 is 2.81 bits per heavy atom. The van der Waals surface area contributed by atoms with Crippen LogP contribution >= 0.6 is 0 Å². The number of fused-ring (bicyclic) bond motifs is 2. The van der Waals surface area contributed by atoms with Crippen molar-refractivity contribution < 1.29 is 4.52 Å². The maximum absolute atomic E-state index is 5.78. The molecule has 2 bridgehead atoms. The lowest BCUT2D eigenvalue weighted by Crippen LogP contribution is -2.24. The summed E-state index contributed by atoms with van der Waals surface area (Å²) in [4.78, 5) is 7.06. The Labute approximate surface area is 192 Å². The number of allylic oxidation sites excluding steroid dienone is 2. The van der Waals surface area contributed by atoms with Gasteiger partial charge in [-0.2, -0.15) is 4.98 Å². The van der Waals surface area contributed by atoms with Gasteiger partial charge in [0.15, 0.2) is 5.82 Å². The largest absolute Gasteiger partial charge is 0.384 e. The highest BCUT2D eigenvalue weighted by atomic mass is 16.5. The normalized spacial score (nSPS) is 27.0. The van der Waals surface area contributed by atoms with Crippen LogP contribution in [0.25, 0.3) is 5.57 Å². The van der Waals surface area contributed by atoms with E-state index in [9.17, 15) is 0 Å². The second-order valence-corrected chi connectivity index (χ2v) is 10.3. The summed E-state index contributed by atoms with van der Waals surface area (Å²) in [6.45, 7) is 8.12. The number of rotatable bonds is 10. The molecule has 32 heavy (non-hydrogen) atoms. The molecule has 0 unspecified atom stereocenters. The van der Waals surface area contributed by atoms with E-state index >= 15 is 0 Å². The molecule has 3 saturated carbocycles. The minimum absolute atomic E-state index is 0.119. The summed E-state index contributed by atoms with van der Waals surface area (Å²) in [5, 5.41) is 8.08. The Bertz CT molecular complexity index is 995. The smallest absolute Gasteiger partial charge is 0.232 e. The first-order chi connectivity index (χ1) is 15.5. The van der Waals surface area contributed by atoms with Crippen LogP contribution in [0.1, 0.15) is 81.5 Å². The number of anilines is 1. The molecule has 0 spiro atoms. The molecule has 1 heterocycles. The van der Waals surface area contributed by atoms with Crippen LogP contribution in [-0.2, 0) is 5.41 Å². The highest BCUT2D eigenvalue weighted by molar-refractivity contribution is 5.69. The van der Waals surface area contributed by atoms with Crippen LogP contribution in [0.2, 0.25) is 0 Å². The fraction of sp³-hybridized carbons (Fsp3) is 0.556. The Balaban J connectivity index is 1.26. The van der Waals surface area contributed by atoms with Gasteiger partial charge in [0.1, 0.15) is 0 Å². The summed E-state index contributed by atoms with van der Waals surface area (Å²) in [5.41, 5.74) is 4.22. The van der Waals surface area contributed by atoms with Crippen molar-refractivity contribution in [2.45, 2.75) is 69.6 Å². The van der Waals surface area contributed by atoms with Crippen molar-refractivity contribution in [3.05, 3.63) is 60.4 Å². The lowest BCUT2D eigenvalue weighted by atomic mass is 9.82. The van der Waals surface area contributed by atoms with Crippen molar-refractivity contribution in [2.75, 3.05) is 25.5 Å². The van der Waals surface area contributed by atoms with Crippen LogP contribution in [0.4, 0.5) is 5.69 Å². The van der Waals surface area contributed by atoms with E-state index < -0.39 is 0 Å². The van der Waals surface area contributed by atoms with Crippen molar-refractivity contribution in [3.63, 3.8) is 0 Å². The summed E-state index contributed by atoms with van der Waals surface area (Å²) >= 11 is 0. The monoisotopic (exact) mass is 432 g/mol. The maximum atomic E-state index is 5.78. The minimum Gasteiger partial charge on any atom is -0.384 e. The fourth-order valence-electron chi connectivity index (χ4n) is 5.69. The molecule has 5 rings (SSSR count). The minimum atomic E-state index is 0.119. The van der Waals surface area contributed by atoms with Crippen LogP contribution in [0.5, 0.6) is 0 Å². The summed E-state index contributed by atoms with van der Waals surface area (Å²) in [7, 11) is 2.12. The van der Waals surface area contributed by atoms with Gasteiger partial charge in [0.2, 0.25) is 5.89 Å². The van der Waals surface area contributed by atoms with Gasteiger partial charge >= 0.3 is 0 Å². The first-order valence-corrected chi connectivity index (χ1v) is 12.2.